The molecular formula is C16H24FN. The molecule has 1 aliphatic carbocycles. The first-order valence-electron chi connectivity index (χ1n) is 7.01. The van der Waals surface area contributed by atoms with E-state index in [1.807, 2.05) is 12.1 Å². The highest BCUT2D eigenvalue weighted by Gasteiger charge is 2.30. The zero-order valence-corrected chi connectivity index (χ0v) is 11.6. The number of aryl methyl sites for hydroxylation is 1. The topological polar surface area (TPSA) is 26.0 Å². The lowest BCUT2D eigenvalue weighted by molar-refractivity contribution is 0.184. The molecule has 1 aromatic rings. The Balaban J connectivity index is 2.16. The van der Waals surface area contributed by atoms with Crippen LogP contribution in [-0.4, -0.2) is 0 Å². The number of hydrogen-bond acceptors (Lipinski definition) is 1. The van der Waals surface area contributed by atoms with Crippen molar-refractivity contribution in [3.8, 4) is 0 Å². The molecule has 0 heterocycles. The fourth-order valence-corrected chi connectivity index (χ4v) is 3.10. The normalized spacial score (nSPS) is 30.2. The molecule has 18 heavy (non-hydrogen) atoms. The molecule has 0 amide bonds. The summed E-state index contributed by atoms with van der Waals surface area (Å²) in [6.45, 7) is 6.40. The van der Waals surface area contributed by atoms with Crippen LogP contribution in [-0.2, 0) is 0 Å². The van der Waals surface area contributed by atoms with E-state index in [0.717, 1.165) is 18.8 Å². The maximum Gasteiger partial charge on any atom is 0.130 e. The van der Waals surface area contributed by atoms with Crippen molar-refractivity contribution in [2.45, 2.75) is 46.1 Å². The Bertz CT molecular complexity index is 416. The largest absolute Gasteiger partial charge is 0.324 e. The summed E-state index contributed by atoms with van der Waals surface area (Å²) in [6, 6.07) is 5.40. The summed E-state index contributed by atoms with van der Waals surface area (Å²) < 4.78 is 14.1. The van der Waals surface area contributed by atoms with Gasteiger partial charge in [0.1, 0.15) is 5.82 Å². The average Bonchev–Trinajstić information content (AvgIpc) is 2.35. The lowest BCUT2D eigenvalue weighted by Gasteiger charge is -2.35. The molecule has 0 aliphatic heterocycles. The zero-order chi connectivity index (χ0) is 13.3. The van der Waals surface area contributed by atoms with Gasteiger partial charge in [-0.3, -0.25) is 0 Å². The van der Waals surface area contributed by atoms with Gasteiger partial charge >= 0.3 is 0 Å². The van der Waals surface area contributed by atoms with Gasteiger partial charge in [-0.1, -0.05) is 38.5 Å². The molecule has 1 aliphatic rings. The Labute approximate surface area is 110 Å². The van der Waals surface area contributed by atoms with Crippen LogP contribution in [0.25, 0.3) is 0 Å². The minimum atomic E-state index is -0.153. The third kappa shape index (κ3) is 2.59. The van der Waals surface area contributed by atoms with Gasteiger partial charge in [0.25, 0.3) is 0 Å². The fraction of sp³-hybridized carbons (Fsp3) is 0.625. The van der Waals surface area contributed by atoms with Gasteiger partial charge in [-0.15, -0.1) is 0 Å². The summed E-state index contributed by atoms with van der Waals surface area (Å²) in [4.78, 5) is 0. The lowest BCUT2D eigenvalue weighted by atomic mass is 9.72. The molecule has 4 atom stereocenters. The van der Waals surface area contributed by atoms with E-state index in [9.17, 15) is 4.39 Å². The Hall–Kier alpha value is -0.890. The van der Waals surface area contributed by atoms with Crippen LogP contribution in [0.2, 0.25) is 0 Å². The summed E-state index contributed by atoms with van der Waals surface area (Å²) >= 11 is 0. The molecule has 100 valence electrons. The quantitative estimate of drug-likeness (QED) is 0.835. The average molecular weight is 249 g/mol. The van der Waals surface area contributed by atoms with Crippen molar-refractivity contribution in [3.05, 3.63) is 35.1 Å². The molecule has 4 unspecified atom stereocenters. The number of halogens is 1. The van der Waals surface area contributed by atoms with E-state index in [1.54, 1.807) is 13.0 Å². The van der Waals surface area contributed by atoms with Gasteiger partial charge in [-0.05, 0) is 43.1 Å². The molecule has 0 aromatic heterocycles. The van der Waals surface area contributed by atoms with Crippen molar-refractivity contribution in [1.82, 2.24) is 0 Å². The minimum Gasteiger partial charge on any atom is -0.324 e. The van der Waals surface area contributed by atoms with E-state index in [4.69, 9.17) is 5.73 Å². The van der Waals surface area contributed by atoms with Crippen molar-refractivity contribution in [2.24, 2.45) is 23.5 Å². The molecule has 0 saturated heterocycles. The lowest BCUT2D eigenvalue weighted by Crippen LogP contribution is -2.30. The maximum atomic E-state index is 14.1. The zero-order valence-electron chi connectivity index (χ0n) is 11.6. The summed E-state index contributed by atoms with van der Waals surface area (Å²) in [5, 5.41) is 0. The highest BCUT2D eigenvalue weighted by Crippen LogP contribution is 2.39. The Morgan fingerprint density at radius 3 is 2.61 bits per heavy atom. The number of hydrogen-bond donors (Lipinski definition) is 1. The first-order valence-corrected chi connectivity index (χ1v) is 7.01. The van der Waals surface area contributed by atoms with Crippen molar-refractivity contribution in [3.63, 3.8) is 0 Å². The number of nitrogens with two attached hydrogens (primary N) is 1. The molecule has 1 nitrogen and oxygen atoms in total. The van der Waals surface area contributed by atoms with Gasteiger partial charge < -0.3 is 5.73 Å². The summed E-state index contributed by atoms with van der Waals surface area (Å²) in [6.07, 6.45) is 3.46. The van der Waals surface area contributed by atoms with Gasteiger partial charge in [0, 0.05) is 11.6 Å². The number of rotatable bonds is 2. The van der Waals surface area contributed by atoms with Crippen LogP contribution in [0.4, 0.5) is 4.39 Å². The van der Waals surface area contributed by atoms with Crippen molar-refractivity contribution < 1.29 is 4.39 Å². The van der Waals surface area contributed by atoms with E-state index >= 15 is 0 Å². The molecule has 1 fully saturated rings. The first-order chi connectivity index (χ1) is 8.50. The third-order valence-electron chi connectivity index (χ3n) is 4.73. The number of benzene rings is 1. The molecular weight excluding hydrogens is 225 g/mol. The predicted molar refractivity (Wildman–Crippen MR) is 73.7 cm³/mol. The second kappa shape index (κ2) is 5.40. The molecule has 0 bridgehead atoms. The van der Waals surface area contributed by atoms with E-state index in [0.29, 0.717) is 23.0 Å². The van der Waals surface area contributed by atoms with Gasteiger partial charge in [0.05, 0.1) is 0 Å². The third-order valence-corrected chi connectivity index (χ3v) is 4.73. The molecule has 2 heteroatoms. The summed E-state index contributed by atoms with van der Waals surface area (Å²) in [5.74, 6) is 1.78. The van der Waals surface area contributed by atoms with E-state index < -0.39 is 0 Å². The van der Waals surface area contributed by atoms with E-state index in [2.05, 4.69) is 13.8 Å². The highest BCUT2D eigenvalue weighted by molar-refractivity contribution is 5.27. The molecule has 0 spiro atoms. The van der Waals surface area contributed by atoms with Crippen LogP contribution in [0.1, 0.15) is 50.3 Å². The highest BCUT2D eigenvalue weighted by atomic mass is 19.1. The smallest absolute Gasteiger partial charge is 0.130 e. The Morgan fingerprint density at radius 2 is 1.94 bits per heavy atom. The van der Waals surface area contributed by atoms with Gasteiger partial charge in [0.15, 0.2) is 0 Å². The van der Waals surface area contributed by atoms with Crippen LogP contribution in [0.5, 0.6) is 0 Å². The van der Waals surface area contributed by atoms with Gasteiger partial charge in [-0.2, -0.15) is 0 Å². The summed E-state index contributed by atoms with van der Waals surface area (Å²) in [5.41, 5.74) is 7.70. The van der Waals surface area contributed by atoms with E-state index in [1.165, 1.54) is 6.42 Å². The Morgan fingerprint density at radius 1 is 1.22 bits per heavy atom. The molecule has 1 aromatic carbocycles. The molecule has 2 rings (SSSR count). The second-order valence-corrected chi connectivity index (χ2v) is 6.03. The van der Waals surface area contributed by atoms with Crippen molar-refractivity contribution in [1.29, 1.82) is 0 Å². The predicted octanol–water partition coefficient (Wildman–Crippen LogP) is 4.21. The first kappa shape index (κ1) is 13.5. The van der Waals surface area contributed by atoms with Crippen LogP contribution < -0.4 is 5.73 Å². The maximum absolute atomic E-state index is 14.1. The van der Waals surface area contributed by atoms with Crippen molar-refractivity contribution in [2.75, 3.05) is 0 Å². The SMILES string of the molecule is Cc1cccc(C(N)C2CCC(C)C(C)C2)c1F. The van der Waals surface area contributed by atoms with Gasteiger partial charge in [0.2, 0.25) is 0 Å². The van der Waals surface area contributed by atoms with E-state index in [-0.39, 0.29) is 11.9 Å². The molecule has 2 N–H and O–H groups in total. The molecule has 0 radical (unpaired) electrons. The van der Waals surface area contributed by atoms with Crippen LogP contribution >= 0.6 is 0 Å². The van der Waals surface area contributed by atoms with Crippen molar-refractivity contribution >= 4 is 0 Å². The molecule has 1 saturated carbocycles. The van der Waals surface area contributed by atoms with Crippen LogP contribution in [0.3, 0.4) is 0 Å². The minimum absolute atomic E-state index is 0.115. The second-order valence-electron chi connectivity index (χ2n) is 6.03. The standard InChI is InChI=1S/C16H24FN/c1-10-7-8-13(9-12(10)3)16(18)14-6-4-5-11(2)15(14)17/h4-6,10,12-13,16H,7-9,18H2,1-3H3. The van der Waals surface area contributed by atoms with Crippen LogP contribution in [0, 0.1) is 30.5 Å². The summed E-state index contributed by atoms with van der Waals surface area (Å²) in [7, 11) is 0. The fourth-order valence-electron chi connectivity index (χ4n) is 3.10. The Kier molecular flexibility index (Phi) is 4.06. The van der Waals surface area contributed by atoms with Gasteiger partial charge in [-0.25, -0.2) is 4.39 Å². The van der Waals surface area contributed by atoms with Crippen LogP contribution in [0.15, 0.2) is 18.2 Å². The monoisotopic (exact) mass is 249 g/mol.